The number of anilines is 3. The van der Waals surface area contributed by atoms with Crippen molar-refractivity contribution < 1.29 is 0 Å². The van der Waals surface area contributed by atoms with Crippen molar-refractivity contribution in [1.29, 1.82) is 0 Å². The molecule has 1 nitrogen and oxygen atoms in total. The van der Waals surface area contributed by atoms with Crippen LogP contribution >= 0.6 is 0 Å². The van der Waals surface area contributed by atoms with E-state index < -0.39 is 0 Å². The fraction of sp³-hybridized carbons (Fsp3) is 0.0877. The molecule has 0 heterocycles. The van der Waals surface area contributed by atoms with Crippen LogP contribution in [0.2, 0.25) is 0 Å². The molecule has 0 saturated carbocycles. The molecular weight excluding hydrogens is 699 g/mol. The van der Waals surface area contributed by atoms with Crippen LogP contribution in [0.3, 0.4) is 0 Å². The van der Waals surface area contributed by atoms with Crippen molar-refractivity contribution in [3.63, 3.8) is 0 Å². The van der Waals surface area contributed by atoms with Crippen LogP contribution in [-0.4, -0.2) is 0 Å². The average Bonchev–Trinajstić information content (AvgIpc) is 3.57. The van der Waals surface area contributed by atoms with E-state index in [4.69, 9.17) is 0 Å². The molecule has 0 aromatic heterocycles. The topological polar surface area (TPSA) is 3.24 Å². The van der Waals surface area contributed by atoms with Crippen LogP contribution in [0.25, 0.3) is 67.1 Å². The summed E-state index contributed by atoms with van der Waals surface area (Å²) in [6.45, 7) is 4.71. The SMILES string of the molecule is CCC1(CC)c2cc(C=Cc3ccc(-c4c(-c5ccccc5)c5ccccc5c5ccccc45)cc3)ccc2-c2ccc(N(c3ccccc3)c3ccccc3)cc21. The van der Waals surface area contributed by atoms with Gasteiger partial charge in [-0.3, -0.25) is 0 Å². The molecule has 1 aliphatic rings. The predicted octanol–water partition coefficient (Wildman–Crippen LogP) is 16.1. The molecule has 1 aliphatic carbocycles. The molecule has 278 valence electrons. The zero-order valence-corrected chi connectivity index (χ0v) is 33.1. The fourth-order valence-corrected chi connectivity index (χ4v) is 9.66. The maximum atomic E-state index is 2.46. The number of nitrogens with zero attached hydrogens (tertiary/aromatic N) is 1. The van der Waals surface area contributed by atoms with Gasteiger partial charge in [-0.1, -0.05) is 190 Å². The first-order valence-electron chi connectivity index (χ1n) is 20.6. The minimum Gasteiger partial charge on any atom is -0.310 e. The van der Waals surface area contributed by atoms with Crippen molar-refractivity contribution in [2.45, 2.75) is 32.1 Å². The van der Waals surface area contributed by atoms with E-state index in [1.165, 1.54) is 82.9 Å². The van der Waals surface area contributed by atoms with Gasteiger partial charge >= 0.3 is 0 Å². The van der Waals surface area contributed by atoms with Gasteiger partial charge in [0.15, 0.2) is 0 Å². The first kappa shape index (κ1) is 35.5. The predicted molar refractivity (Wildman–Crippen MR) is 249 cm³/mol. The van der Waals surface area contributed by atoms with Crippen LogP contribution < -0.4 is 4.90 Å². The van der Waals surface area contributed by atoms with E-state index in [1.54, 1.807) is 0 Å². The summed E-state index contributed by atoms with van der Waals surface area (Å²) in [7, 11) is 0. The van der Waals surface area contributed by atoms with Crippen molar-refractivity contribution in [1.82, 2.24) is 0 Å². The van der Waals surface area contributed by atoms with E-state index in [0.717, 1.165) is 24.2 Å². The molecule has 10 rings (SSSR count). The van der Waals surface area contributed by atoms with E-state index in [-0.39, 0.29) is 5.41 Å². The zero-order valence-electron chi connectivity index (χ0n) is 33.1. The van der Waals surface area contributed by atoms with Crippen LogP contribution in [0.1, 0.15) is 48.9 Å². The molecule has 0 fully saturated rings. The van der Waals surface area contributed by atoms with Crippen LogP contribution in [-0.2, 0) is 5.41 Å². The monoisotopic (exact) mass is 743 g/mol. The fourth-order valence-electron chi connectivity index (χ4n) is 9.66. The van der Waals surface area contributed by atoms with Crippen molar-refractivity contribution in [3.05, 3.63) is 222 Å². The van der Waals surface area contributed by atoms with E-state index in [2.05, 4.69) is 231 Å². The average molecular weight is 744 g/mol. The van der Waals surface area contributed by atoms with Crippen LogP contribution in [0.4, 0.5) is 17.1 Å². The Morgan fingerprint density at radius 3 is 1.36 bits per heavy atom. The lowest BCUT2D eigenvalue weighted by Crippen LogP contribution is -2.23. The zero-order chi connectivity index (χ0) is 39.1. The summed E-state index contributed by atoms with van der Waals surface area (Å²) in [6.07, 6.45) is 6.62. The van der Waals surface area contributed by atoms with Gasteiger partial charge in [-0.05, 0) is 126 Å². The highest BCUT2D eigenvalue weighted by Gasteiger charge is 2.41. The maximum Gasteiger partial charge on any atom is 0.0465 e. The van der Waals surface area contributed by atoms with Crippen molar-refractivity contribution in [2.75, 3.05) is 4.90 Å². The third-order valence-electron chi connectivity index (χ3n) is 12.5. The Kier molecular flexibility index (Phi) is 9.07. The smallest absolute Gasteiger partial charge is 0.0465 e. The first-order chi connectivity index (χ1) is 28.7. The maximum absolute atomic E-state index is 2.46. The molecule has 1 heteroatoms. The third-order valence-corrected chi connectivity index (χ3v) is 12.5. The van der Waals surface area contributed by atoms with Gasteiger partial charge in [0.25, 0.3) is 0 Å². The molecule has 0 amide bonds. The third kappa shape index (κ3) is 5.94. The first-order valence-corrected chi connectivity index (χ1v) is 20.6. The molecule has 0 saturated heterocycles. The molecule has 0 bridgehead atoms. The number of fused-ring (bicyclic) bond motifs is 6. The van der Waals surface area contributed by atoms with E-state index in [1.807, 2.05) is 0 Å². The van der Waals surface area contributed by atoms with Gasteiger partial charge in [-0.2, -0.15) is 0 Å². The lowest BCUT2D eigenvalue weighted by Gasteiger charge is -2.32. The second-order valence-corrected chi connectivity index (χ2v) is 15.5. The molecule has 0 N–H and O–H groups in total. The Morgan fingerprint density at radius 1 is 0.379 bits per heavy atom. The number of hydrogen-bond acceptors (Lipinski definition) is 1. The Balaban J connectivity index is 1.00. The van der Waals surface area contributed by atoms with Crippen LogP contribution in [0.5, 0.6) is 0 Å². The molecule has 0 unspecified atom stereocenters. The number of rotatable bonds is 9. The molecule has 0 radical (unpaired) electrons. The Bertz CT molecular complexity index is 2900. The van der Waals surface area contributed by atoms with Gasteiger partial charge in [0.05, 0.1) is 0 Å². The molecule has 0 atom stereocenters. The lowest BCUT2D eigenvalue weighted by molar-refractivity contribution is 0.490. The van der Waals surface area contributed by atoms with Gasteiger partial charge < -0.3 is 4.90 Å². The number of benzene rings is 9. The van der Waals surface area contributed by atoms with Gasteiger partial charge in [0, 0.05) is 22.5 Å². The summed E-state index contributed by atoms with van der Waals surface area (Å²) in [5, 5.41) is 5.13. The van der Waals surface area contributed by atoms with E-state index >= 15 is 0 Å². The molecular formula is C57H45N. The standard InChI is InChI=1S/C57H45N/c1-3-57(4-2)53-38-41(32-36-49(53)50-37-35-46(39-54(50)57)58(44-20-10-6-11-21-44)45-22-12-7-13-23-45)29-28-40-30-33-43(34-31-40)56-52-27-17-15-25-48(52)47-24-14-16-26-51(47)55(56)42-18-8-5-9-19-42/h5-39H,3-4H2,1-2H3. The molecule has 58 heavy (non-hydrogen) atoms. The quantitative estimate of drug-likeness (QED) is 0.105. The summed E-state index contributed by atoms with van der Waals surface area (Å²) in [5.74, 6) is 0. The molecule has 0 aliphatic heterocycles. The normalized spacial score (nSPS) is 12.9. The highest BCUT2D eigenvalue weighted by Crippen LogP contribution is 2.54. The molecule has 0 spiro atoms. The second-order valence-electron chi connectivity index (χ2n) is 15.5. The highest BCUT2D eigenvalue weighted by atomic mass is 15.1. The van der Waals surface area contributed by atoms with Gasteiger partial charge in [0.2, 0.25) is 0 Å². The summed E-state index contributed by atoms with van der Waals surface area (Å²) in [5.41, 5.74) is 16.4. The van der Waals surface area contributed by atoms with E-state index in [9.17, 15) is 0 Å². The number of hydrogen-bond donors (Lipinski definition) is 0. The molecule has 9 aromatic rings. The number of para-hydroxylation sites is 2. The van der Waals surface area contributed by atoms with Crippen molar-refractivity contribution in [2.24, 2.45) is 0 Å². The van der Waals surface area contributed by atoms with Crippen molar-refractivity contribution in [3.8, 4) is 33.4 Å². The minimum absolute atomic E-state index is 0.0652. The highest BCUT2D eigenvalue weighted by molar-refractivity contribution is 6.21. The van der Waals surface area contributed by atoms with Crippen molar-refractivity contribution >= 4 is 50.8 Å². The molecule has 9 aromatic carbocycles. The Labute approximate surface area is 342 Å². The van der Waals surface area contributed by atoms with Gasteiger partial charge in [-0.25, -0.2) is 0 Å². The second kappa shape index (κ2) is 14.8. The summed E-state index contributed by atoms with van der Waals surface area (Å²) in [4.78, 5) is 2.38. The van der Waals surface area contributed by atoms with Gasteiger partial charge in [-0.15, -0.1) is 0 Å². The summed E-state index contributed by atoms with van der Waals surface area (Å²) in [6, 6.07) is 73.3. The van der Waals surface area contributed by atoms with E-state index in [0.29, 0.717) is 0 Å². The largest absolute Gasteiger partial charge is 0.310 e. The summed E-state index contributed by atoms with van der Waals surface area (Å²) < 4.78 is 0. The Morgan fingerprint density at radius 2 is 0.810 bits per heavy atom. The van der Waals surface area contributed by atoms with Gasteiger partial charge in [0.1, 0.15) is 0 Å². The Hall–Kier alpha value is -6.96. The summed E-state index contributed by atoms with van der Waals surface area (Å²) >= 11 is 0. The van der Waals surface area contributed by atoms with Crippen LogP contribution in [0, 0.1) is 0 Å². The minimum atomic E-state index is -0.0652. The lowest BCUT2D eigenvalue weighted by atomic mass is 9.73. The van der Waals surface area contributed by atoms with Crippen LogP contribution in [0.15, 0.2) is 200 Å².